The van der Waals surface area contributed by atoms with Crippen molar-refractivity contribution < 1.29 is 130 Å². The van der Waals surface area contributed by atoms with Crippen LogP contribution in [0.25, 0.3) is 0 Å². The van der Waals surface area contributed by atoms with E-state index in [2.05, 4.69) is 10.6 Å². The quantitative estimate of drug-likeness (QED) is 0.0108. The number of nitrogens with zero attached hydrogens (tertiary/aromatic N) is 4. The number of nitrogens with one attached hydrogen (secondary N) is 2. The molecule has 2 amide bonds. The van der Waals surface area contributed by atoms with E-state index in [9.17, 15) is 82.4 Å². The second-order valence-electron chi connectivity index (χ2n) is 18.7. The van der Waals surface area contributed by atoms with Crippen molar-refractivity contribution in [3.05, 3.63) is 0 Å². The van der Waals surface area contributed by atoms with Crippen molar-refractivity contribution in [2.24, 2.45) is 5.92 Å². The summed E-state index contributed by atoms with van der Waals surface area (Å²) in [5, 5.41) is 35.7. The van der Waals surface area contributed by atoms with Crippen LogP contribution in [0.2, 0.25) is 0 Å². The van der Waals surface area contributed by atoms with Crippen LogP contribution in [0.1, 0.15) is 94.9 Å². The number of hydrogen-bond acceptors (Lipinski definition) is 28. The SMILES string of the molecule is CCC(OC(C)=O)C(OC(C)=O)C(OC(C)=O)C(OC(C)=O)C(=O)NCCN(CCNC(=O)C(OC(C)=O)C(OC(C)=O)C(OC(C)=O)C(CC)OC(C)=O)OCCCC1CN(CC(=O)O)CCN(CC(=O)O)C1N(COC=O)CC(=O)O. The van der Waals surface area contributed by atoms with Crippen LogP contribution in [0, 0.1) is 5.92 Å². The summed E-state index contributed by atoms with van der Waals surface area (Å²) < 4.78 is 47.8. The topological polar surface area (TPSA) is 429 Å². The zero-order chi connectivity index (χ0) is 63.1. The Bertz CT molecular complexity index is 2130. The summed E-state index contributed by atoms with van der Waals surface area (Å²) in [4.78, 5) is 185. The Hall–Kier alpha value is -7.62. The molecule has 0 aliphatic carbocycles. The van der Waals surface area contributed by atoms with Crippen molar-refractivity contribution in [3.63, 3.8) is 0 Å². The first-order valence-electron chi connectivity index (χ1n) is 26.2. The number of aliphatic carboxylic acids is 3. The summed E-state index contributed by atoms with van der Waals surface area (Å²) in [6.07, 6.45) is -15.2. The van der Waals surface area contributed by atoms with E-state index in [1.807, 2.05) is 0 Å². The van der Waals surface area contributed by atoms with E-state index in [4.69, 9.17) is 47.5 Å². The molecule has 1 fully saturated rings. The van der Waals surface area contributed by atoms with Gasteiger partial charge in [-0.3, -0.25) is 81.8 Å². The van der Waals surface area contributed by atoms with Gasteiger partial charge in [0.2, 0.25) is 12.2 Å². The zero-order valence-electron chi connectivity index (χ0n) is 48.1. The average molecular weight is 1200 g/mol. The number of carbonyl (C=O) groups is 14. The first kappa shape index (κ1) is 73.4. The Labute approximate surface area is 477 Å². The van der Waals surface area contributed by atoms with E-state index in [0.29, 0.717) is 0 Å². The van der Waals surface area contributed by atoms with Crippen molar-refractivity contribution in [2.45, 2.75) is 150 Å². The van der Waals surface area contributed by atoms with Crippen LogP contribution in [0.4, 0.5) is 0 Å². The third-order valence-electron chi connectivity index (χ3n) is 11.8. The van der Waals surface area contributed by atoms with Gasteiger partial charge in [0.15, 0.2) is 24.4 Å². The molecule has 0 aromatic carbocycles. The molecule has 0 radical (unpaired) electrons. The van der Waals surface area contributed by atoms with E-state index < -0.39 is 178 Å². The Morgan fingerprint density at radius 3 is 1.33 bits per heavy atom. The van der Waals surface area contributed by atoms with Crippen LogP contribution in [0.15, 0.2) is 0 Å². The number of ether oxygens (including phenoxy) is 9. The van der Waals surface area contributed by atoms with Gasteiger partial charge in [0, 0.05) is 107 Å². The predicted molar refractivity (Wildman–Crippen MR) is 275 cm³/mol. The van der Waals surface area contributed by atoms with Crippen LogP contribution in [0.5, 0.6) is 0 Å². The van der Waals surface area contributed by atoms with E-state index in [0.717, 1.165) is 55.4 Å². The standard InChI is InChI=1S/C50H78N6O27/c1-11-37(76-28(3)58)42(78-30(5)60)44(80-32(7)62)46(82-34(9)64)48(72)51-15-17-56(18-16-52-49(73)47(83-35(10)65)45(81-33(8)63)43(79-31(6)61)38(12-2)77-29(4)59)75-21-13-14-36-22-53(23-39(66)67)19-20-54(24-40(68)69)50(36)55(25-41(70)71)26-74-27-57/h27,36-38,42-47,50H,11-26H2,1-10H3,(H,51,72)(H,52,73)(H,66,67)(H,68,69)(H,70,71). The third-order valence-corrected chi connectivity index (χ3v) is 11.8. The maximum absolute atomic E-state index is 14.1. The Kier molecular flexibility index (Phi) is 33.8. The number of rotatable bonds is 39. The number of amides is 2. The van der Waals surface area contributed by atoms with Gasteiger partial charge in [-0.2, -0.15) is 5.06 Å². The molecule has 10 atom stereocenters. The number of carboxylic acid groups (broad SMARTS) is 3. The molecule has 1 aliphatic rings. The molecule has 5 N–H and O–H groups in total. The molecule has 1 saturated heterocycles. The van der Waals surface area contributed by atoms with E-state index >= 15 is 0 Å². The Balaban J connectivity index is 3.88. The summed E-state index contributed by atoms with van der Waals surface area (Å²) in [6.45, 7) is 6.61. The van der Waals surface area contributed by atoms with Crippen molar-refractivity contribution >= 4 is 83.9 Å². The molecule has 33 heteroatoms. The van der Waals surface area contributed by atoms with Gasteiger partial charge >= 0.3 is 65.7 Å². The van der Waals surface area contributed by atoms with Gasteiger partial charge in [-0.05, 0) is 25.7 Å². The number of carbonyl (C=O) groups excluding carboxylic acids is 11. The predicted octanol–water partition coefficient (Wildman–Crippen LogP) is -2.25. The van der Waals surface area contributed by atoms with Gasteiger partial charge < -0.3 is 68.6 Å². The van der Waals surface area contributed by atoms with E-state index in [1.54, 1.807) is 0 Å². The molecular weight excluding hydrogens is 1120 g/mol. The fraction of sp³-hybridized carbons (Fsp3) is 0.720. The minimum atomic E-state index is -2.07. The van der Waals surface area contributed by atoms with Crippen molar-refractivity contribution in [3.8, 4) is 0 Å². The molecular formula is C50H78N6O27. The summed E-state index contributed by atoms with van der Waals surface area (Å²) in [6, 6.07) is 0. The zero-order valence-corrected chi connectivity index (χ0v) is 48.1. The first-order chi connectivity index (χ1) is 38.9. The average Bonchev–Trinajstić information content (AvgIpc) is 3.53. The van der Waals surface area contributed by atoms with Crippen molar-refractivity contribution in [2.75, 3.05) is 78.8 Å². The van der Waals surface area contributed by atoms with Gasteiger partial charge in [0.25, 0.3) is 18.3 Å². The van der Waals surface area contributed by atoms with Gasteiger partial charge in [-0.15, -0.1) is 0 Å². The summed E-state index contributed by atoms with van der Waals surface area (Å²) in [5.74, 6) is -14.8. The largest absolute Gasteiger partial charge is 0.480 e. The monoisotopic (exact) mass is 1190 g/mol. The summed E-state index contributed by atoms with van der Waals surface area (Å²) in [7, 11) is 0. The van der Waals surface area contributed by atoms with E-state index in [-0.39, 0.29) is 71.5 Å². The van der Waals surface area contributed by atoms with Crippen LogP contribution < -0.4 is 10.6 Å². The highest BCUT2D eigenvalue weighted by molar-refractivity contribution is 5.85. The molecule has 0 bridgehead atoms. The minimum absolute atomic E-state index is 0.0296. The fourth-order valence-electron chi connectivity index (χ4n) is 8.94. The van der Waals surface area contributed by atoms with Crippen LogP contribution >= 0.6 is 0 Å². The molecule has 83 heavy (non-hydrogen) atoms. The molecule has 1 rings (SSSR count). The number of carboxylic acids is 3. The summed E-state index contributed by atoms with van der Waals surface area (Å²) in [5.41, 5.74) is 0. The smallest absolute Gasteiger partial charge is 0.317 e. The van der Waals surface area contributed by atoms with Gasteiger partial charge in [-0.25, -0.2) is 4.90 Å². The number of hydrogen-bond donors (Lipinski definition) is 5. The maximum Gasteiger partial charge on any atom is 0.317 e. The lowest BCUT2D eigenvalue weighted by atomic mass is 9.97. The Morgan fingerprint density at radius 2 is 0.964 bits per heavy atom. The van der Waals surface area contributed by atoms with Crippen LogP contribution in [-0.2, 0) is 115 Å². The highest BCUT2D eigenvalue weighted by Crippen LogP contribution is 2.27. The minimum Gasteiger partial charge on any atom is -0.480 e. The molecule has 0 spiro atoms. The van der Waals surface area contributed by atoms with Gasteiger partial charge in [-0.1, -0.05) is 13.8 Å². The Morgan fingerprint density at radius 1 is 0.554 bits per heavy atom. The number of hydroxylamine groups is 2. The lowest BCUT2D eigenvalue weighted by molar-refractivity contribution is -0.199. The first-order valence-corrected chi connectivity index (χ1v) is 26.2. The molecule has 470 valence electrons. The molecule has 1 aliphatic heterocycles. The third kappa shape index (κ3) is 28.8. The lowest BCUT2D eigenvalue weighted by Gasteiger charge is -2.41. The second kappa shape index (κ2) is 38.2. The normalized spacial score (nSPS) is 17.4. The second-order valence-corrected chi connectivity index (χ2v) is 18.7. The van der Waals surface area contributed by atoms with Crippen LogP contribution in [0.3, 0.4) is 0 Å². The summed E-state index contributed by atoms with van der Waals surface area (Å²) >= 11 is 0. The molecule has 10 unspecified atom stereocenters. The van der Waals surface area contributed by atoms with Crippen LogP contribution in [-0.4, -0.2) is 253 Å². The molecule has 0 aromatic rings. The highest BCUT2D eigenvalue weighted by atomic mass is 16.7. The van der Waals surface area contributed by atoms with Gasteiger partial charge in [0.05, 0.1) is 25.9 Å². The van der Waals surface area contributed by atoms with Crippen molar-refractivity contribution in [1.29, 1.82) is 0 Å². The fourth-order valence-corrected chi connectivity index (χ4v) is 8.94. The molecule has 0 saturated carbocycles. The maximum atomic E-state index is 14.1. The highest BCUT2D eigenvalue weighted by Gasteiger charge is 2.48. The van der Waals surface area contributed by atoms with Crippen molar-refractivity contribution in [1.82, 2.24) is 30.4 Å². The van der Waals surface area contributed by atoms with E-state index in [1.165, 1.54) is 33.6 Å². The molecule has 0 aromatic heterocycles. The van der Waals surface area contributed by atoms with Gasteiger partial charge in [0.1, 0.15) is 25.5 Å². The molecule has 33 nitrogen and oxygen atoms in total. The molecule has 1 heterocycles. The number of esters is 8. The lowest BCUT2D eigenvalue weighted by Crippen LogP contribution is -2.57.